The van der Waals surface area contributed by atoms with Crippen molar-refractivity contribution in [3.8, 4) is 5.75 Å². The number of nitrogens with zero attached hydrogens (tertiary/aromatic N) is 1. The molecule has 0 radical (unpaired) electrons. The Morgan fingerprint density at radius 3 is 2.48 bits per heavy atom. The summed E-state index contributed by atoms with van der Waals surface area (Å²) in [6.07, 6.45) is 1.38. The third kappa shape index (κ3) is 6.58. The van der Waals surface area contributed by atoms with Crippen molar-refractivity contribution >= 4 is 12.1 Å². The van der Waals surface area contributed by atoms with E-state index in [0.29, 0.717) is 5.56 Å². The zero-order valence-corrected chi connectivity index (χ0v) is 13.6. The Morgan fingerprint density at radius 1 is 1.16 bits per heavy atom. The van der Waals surface area contributed by atoms with Gasteiger partial charge in [0.2, 0.25) is 0 Å². The lowest BCUT2D eigenvalue weighted by molar-refractivity contribution is -0.126. The number of alkyl halides is 2. The highest BCUT2D eigenvalue weighted by molar-refractivity contribution is 5.80. The number of rotatable bonds is 8. The van der Waals surface area contributed by atoms with E-state index in [1.54, 1.807) is 12.1 Å². The molecule has 0 saturated carbocycles. The molecule has 0 heterocycles. The Labute approximate surface area is 144 Å². The molecule has 1 unspecified atom stereocenters. The first kappa shape index (κ1) is 18.4. The highest BCUT2D eigenvalue weighted by atomic mass is 19.3. The van der Waals surface area contributed by atoms with Gasteiger partial charge in [-0.2, -0.15) is 8.78 Å². The molecule has 0 saturated heterocycles. The third-order valence-electron chi connectivity index (χ3n) is 3.25. The zero-order chi connectivity index (χ0) is 18.1. The highest BCUT2D eigenvalue weighted by Gasteiger charge is 2.09. The van der Waals surface area contributed by atoms with Gasteiger partial charge in [-0.25, -0.2) is 0 Å². The summed E-state index contributed by atoms with van der Waals surface area (Å²) in [4.78, 5) is 16.7. The summed E-state index contributed by atoms with van der Waals surface area (Å²) in [7, 11) is 0. The van der Waals surface area contributed by atoms with Crippen LogP contribution < -0.4 is 10.1 Å². The highest BCUT2D eigenvalue weighted by Crippen LogP contribution is 2.14. The fourth-order valence-electron chi connectivity index (χ4n) is 2.04. The molecule has 0 bridgehead atoms. The average molecular weight is 348 g/mol. The van der Waals surface area contributed by atoms with E-state index < -0.39 is 6.61 Å². The van der Waals surface area contributed by atoms with E-state index >= 15 is 0 Å². The smallest absolute Gasteiger partial charge is 0.387 e. The van der Waals surface area contributed by atoms with Gasteiger partial charge in [-0.15, -0.1) is 0 Å². The van der Waals surface area contributed by atoms with E-state index in [4.69, 9.17) is 4.84 Å². The summed E-state index contributed by atoms with van der Waals surface area (Å²) < 4.78 is 28.3. The van der Waals surface area contributed by atoms with Gasteiger partial charge < -0.3 is 14.9 Å². The van der Waals surface area contributed by atoms with Gasteiger partial charge in [-0.1, -0.05) is 35.5 Å². The van der Waals surface area contributed by atoms with Gasteiger partial charge in [-0.05, 0) is 42.3 Å². The van der Waals surface area contributed by atoms with Crippen LogP contribution in [0, 0.1) is 0 Å². The maximum Gasteiger partial charge on any atom is 0.387 e. The topological polar surface area (TPSA) is 59.9 Å². The van der Waals surface area contributed by atoms with Crippen molar-refractivity contribution in [1.29, 1.82) is 0 Å². The van der Waals surface area contributed by atoms with Gasteiger partial charge in [0.1, 0.15) is 5.75 Å². The molecular formula is C18H18F2N2O3. The quantitative estimate of drug-likeness (QED) is 0.587. The van der Waals surface area contributed by atoms with Crippen LogP contribution in [0.15, 0.2) is 59.8 Å². The predicted molar refractivity (Wildman–Crippen MR) is 89.6 cm³/mol. The van der Waals surface area contributed by atoms with E-state index in [1.807, 2.05) is 37.3 Å². The van der Waals surface area contributed by atoms with E-state index in [9.17, 15) is 13.6 Å². The van der Waals surface area contributed by atoms with Crippen molar-refractivity contribution in [2.75, 3.05) is 6.61 Å². The molecule has 2 aromatic rings. The molecule has 132 valence electrons. The number of halogens is 2. The van der Waals surface area contributed by atoms with Crippen LogP contribution in [-0.4, -0.2) is 25.3 Å². The number of nitrogens with one attached hydrogen (secondary N) is 1. The molecule has 2 aromatic carbocycles. The SMILES string of the molecule is CC(NC(=O)CO/N=C/c1ccc(OC(F)F)cc1)c1ccccc1. The molecule has 0 aliphatic carbocycles. The monoisotopic (exact) mass is 348 g/mol. The number of carbonyl (C=O) groups is 1. The standard InChI is InChI=1S/C18H18F2N2O3/c1-13(15-5-3-2-4-6-15)22-17(23)12-24-21-11-14-7-9-16(10-8-14)25-18(19)20/h2-11,13,18H,12H2,1H3,(H,22,23)/b21-11+. The van der Waals surface area contributed by atoms with Crippen LogP contribution in [0.1, 0.15) is 24.1 Å². The second-order valence-electron chi connectivity index (χ2n) is 5.16. The second kappa shape index (κ2) is 9.36. The van der Waals surface area contributed by atoms with Crippen molar-refractivity contribution in [2.45, 2.75) is 19.6 Å². The molecule has 1 atom stereocenters. The first-order valence-corrected chi connectivity index (χ1v) is 7.59. The van der Waals surface area contributed by atoms with Crippen molar-refractivity contribution in [3.05, 3.63) is 65.7 Å². The fraction of sp³-hybridized carbons (Fsp3) is 0.222. The number of amides is 1. The van der Waals surface area contributed by atoms with Crippen LogP contribution in [-0.2, 0) is 9.63 Å². The number of oxime groups is 1. The van der Waals surface area contributed by atoms with Gasteiger partial charge in [0.15, 0.2) is 6.61 Å². The maximum atomic E-state index is 12.0. The second-order valence-corrected chi connectivity index (χ2v) is 5.16. The van der Waals surface area contributed by atoms with E-state index in [1.165, 1.54) is 18.3 Å². The van der Waals surface area contributed by atoms with E-state index in [0.717, 1.165) is 5.56 Å². The number of hydrogen-bond acceptors (Lipinski definition) is 4. The molecule has 5 nitrogen and oxygen atoms in total. The molecule has 1 amide bonds. The Kier molecular flexibility index (Phi) is 6.88. The fourth-order valence-corrected chi connectivity index (χ4v) is 2.04. The Bertz CT molecular complexity index is 691. The van der Waals surface area contributed by atoms with Crippen molar-refractivity contribution in [1.82, 2.24) is 5.32 Å². The number of carbonyl (C=O) groups excluding carboxylic acids is 1. The van der Waals surface area contributed by atoms with Gasteiger partial charge in [-0.3, -0.25) is 4.79 Å². The molecule has 0 fully saturated rings. The van der Waals surface area contributed by atoms with E-state index in [-0.39, 0.29) is 24.3 Å². The van der Waals surface area contributed by atoms with Crippen LogP contribution in [0.4, 0.5) is 8.78 Å². The molecule has 2 rings (SSSR count). The van der Waals surface area contributed by atoms with E-state index in [2.05, 4.69) is 15.2 Å². The Balaban J connectivity index is 1.74. The lowest BCUT2D eigenvalue weighted by Crippen LogP contribution is -2.29. The predicted octanol–water partition coefficient (Wildman–Crippen LogP) is 3.52. The first-order valence-electron chi connectivity index (χ1n) is 7.59. The van der Waals surface area contributed by atoms with Crippen LogP contribution in [0.3, 0.4) is 0 Å². The zero-order valence-electron chi connectivity index (χ0n) is 13.6. The van der Waals surface area contributed by atoms with Crippen LogP contribution in [0.25, 0.3) is 0 Å². The molecule has 0 aliphatic rings. The number of benzene rings is 2. The molecule has 7 heteroatoms. The third-order valence-corrected chi connectivity index (χ3v) is 3.25. The summed E-state index contributed by atoms with van der Waals surface area (Å²) >= 11 is 0. The molecular weight excluding hydrogens is 330 g/mol. The summed E-state index contributed by atoms with van der Waals surface area (Å²) in [6, 6.07) is 15.3. The molecule has 0 spiro atoms. The van der Waals surface area contributed by atoms with Crippen molar-refractivity contribution < 1.29 is 23.1 Å². The number of hydrogen-bond donors (Lipinski definition) is 1. The lowest BCUT2D eigenvalue weighted by Gasteiger charge is -2.13. The van der Waals surface area contributed by atoms with Crippen LogP contribution in [0.5, 0.6) is 5.75 Å². The Morgan fingerprint density at radius 2 is 1.84 bits per heavy atom. The molecule has 1 N–H and O–H groups in total. The summed E-state index contributed by atoms with van der Waals surface area (Å²) in [5.41, 5.74) is 1.62. The summed E-state index contributed by atoms with van der Waals surface area (Å²) in [5, 5.41) is 6.47. The van der Waals surface area contributed by atoms with Gasteiger partial charge in [0.05, 0.1) is 12.3 Å². The maximum absolute atomic E-state index is 12.0. The average Bonchev–Trinajstić information content (AvgIpc) is 2.60. The van der Waals surface area contributed by atoms with Crippen LogP contribution >= 0.6 is 0 Å². The van der Waals surface area contributed by atoms with Crippen molar-refractivity contribution in [2.24, 2.45) is 5.16 Å². The summed E-state index contributed by atoms with van der Waals surface area (Å²) in [6.45, 7) is -1.21. The molecule has 0 aromatic heterocycles. The van der Waals surface area contributed by atoms with Gasteiger partial charge >= 0.3 is 6.61 Å². The minimum absolute atomic E-state index is 0.0577. The minimum Gasteiger partial charge on any atom is -0.435 e. The van der Waals surface area contributed by atoms with Crippen molar-refractivity contribution in [3.63, 3.8) is 0 Å². The van der Waals surface area contributed by atoms with Crippen LogP contribution in [0.2, 0.25) is 0 Å². The molecule has 25 heavy (non-hydrogen) atoms. The lowest BCUT2D eigenvalue weighted by atomic mass is 10.1. The summed E-state index contributed by atoms with van der Waals surface area (Å²) in [5.74, 6) is -0.239. The number of ether oxygens (including phenoxy) is 1. The van der Waals surface area contributed by atoms with Gasteiger partial charge in [0.25, 0.3) is 5.91 Å². The molecule has 0 aliphatic heterocycles. The minimum atomic E-state index is -2.86. The first-order chi connectivity index (χ1) is 12.0. The largest absolute Gasteiger partial charge is 0.435 e. The normalized spacial score (nSPS) is 12.2. The van der Waals surface area contributed by atoms with Gasteiger partial charge in [0, 0.05) is 0 Å². The Hall–Kier alpha value is -2.96.